The monoisotopic (exact) mass is 260 g/mol. The normalized spacial score (nSPS) is 18.6. The molecule has 0 saturated carbocycles. The van der Waals surface area contributed by atoms with E-state index < -0.39 is 21.7 Å². The fourth-order valence-electron chi connectivity index (χ4n) is 1.71. The molecule has 0 unspecified atom stereocenters. The Morgan fingerprint density at radius 3 is 2.53 bits per heavy atom. The number of esters is 1. The number of hydrogen-bond acceptors (Lipinski definition) is 5. The van der Waals surface area contributed by atoms with Crippen LogP contribution in [0, 0.1) is 17.2 Å². The molecule has 0 amide bonds. The first-order valence-electron chi connectivity index (χ1n) is 5.52. The van der Waals surface area contributed by atoms with E-state index in [1.54, 1.807) is 6.92 Å². The highest BCUT2D eigenvalue weighted by molar-refractivity contribution is 7.89. The van der Waals surface area contributed by atoms with Crippen molar-refractivity contribution in [2.24, 2.45) is 5.92 Å². The van der Waals surface area contributed by atoms with Crippen LogP contribution in [0.3, 0.4) is 0 Å². The maximum absolute atomic E-state index is 11.8. The molecule has 0 aliphatic carbocycles. The highest BCUT2D eigenvalue weighted by Gasteiger charge is 2.30. The van der Waals surface area contributed by atoms with Crippen LogP contribution in [0.15, 0.2) is 0 Å². The number of ether oxygens (including phenoxy) is 1. The summed E-state index contributed by atoms with van der Waals surface area (Å²) in [4.78, 5) is 11.1. The predicted molar refractivity (Wildman–Crippen MR) is 60.3 cm³/mol. The predicted octanol–water partition coefficient (Wildman–Crippen LogP) is 0.115. The van der Waals surface area contributed by atoms with E-state index in [1.807, 2.05) is 0 Å². The van der Waals surface area contributed by atoms with E-state index in [-0.39, 0.29) is 12.5 Å². The molecule has 1 fully saturated rings. The summed E-state index contributed by atoms with van der Waals surface area (Å²) in [5.74, 6) is -1.42. The number of hydrogen-bond donors (Lipinski definition) is 0. The Labute approximate surface area is 101 Å². The lowest BCUT2D eigenvalue weighted by molar-refractivity contribution is -0.140. The molecule has 0 radical (unpaired) electrons. The summed E-state index contributed by atoms with van der Waals surface area (Å²) in [6.07, 6.45) is 1.05. The quantitative estimate of drug-likeness (QED) is 0.670. The van der Waals surface area contributed by atoms with Gasteiger partial charge in [0.25, 0.3) is 0 Å². The van der Waals surface area contributed by atoms with E-state index in [2.05, 4.69) is 10.8 Å². The summed E-state index contributed by atoms with van der Waals surface area (Å²) in [5.41, 5.74) is 0. The van der Waals surface area contributed by atoms with E-state index in [0.29, 0.717) is 25.9 Å². The Hall–Kier alpha value is -1.13. The standard InChI is InChI=1S/C10H16N2O4S/c1-2-16-10(13)8-17(14,15)12-5-3-9(7-11)4-6-12/h9H,2-6,8H2,1H3. The van der Waals surface area contributed by atoms with Gasteiger partial charge in [0.1, 0.15) is 0 Å². The van der Waals surface area contributed by atoms with E-state index in [1.165, 1.54) is 4.31 Å². The first-order chi connectivity index (χ1) is 7.99. The van der Waals surface area contributed by atoms with Gasteiger partial charge in [-0.05, 0) is 19.8 Å². The van der Waals surface area contributed by atoms with Gasteiger partial charge in [-0.3, -0.25) is 4.79 Å². The average molecular weight is 260 g/mol. The second-order valence-electron chi connectivity index (χ2n) is 3.86. The Kier molecular flexibility index (Phi) is 4.90. The Balaban J connectivity index is 2.55. The molecule has 1 rings (SSSR count). The molecule has 7 heteroatoms. The summed E-state index contributed by atoms with van der Waals surface area (Å²) >= 11 is 0. The third-order valence-electron chi connectivity index (χ3n) is 2.64. The van der Waals surface area contributed by atoms with Crippen LogP contribution in [0.1, 0.15) is 19.8 Å². The van der Waals surface area contributed by atoms with E-state index in [4.69, 9.17) is 5.26 Å². The van der Waals surface area contributed by atoms with Crippen molar-refractivity contribution >= 4 is 16.0 Å². The van der Waals surface area contributed by atoms with Crippen LogP contribution in [0.5, 0.6) is 0 Å². The van der Waals surface area contributed by atoms with Crippen LogP contribution in [0.25, 0.3) is 0 Å². The van der Waals surface area contributed by atoms with Gasteiger partial charge in [-0.15, -0.1) is 0 Å². The third kappa shape index (κ3) is 3.98. The number of sulfonamides is 1. The van der Waals surface area contributed by atoms with Crippen LogP contribution in [0.4, 0.5) is 0 Å². The second-order valence-corrected chi connectivity index (χ2v) is 5.83. The van der Waals surface area contributed by atoms with Crippen molar-refractivity contribution in [3.8, 4) is 6.07 Å². The van der Waals surface area contributed by atoms with Gasteiger partial charge in [0.2, 0.25) is 10.0 Å². The van der Waals surface area contributed by atoms with Crippen LogP contribution in [0.2, 0.25) is 0 Å². The molecule has 0 atom stereocenters. The summed E-state index contributed by atoms with van der Waals surface area (Å²) in [7, 11) is -3.59. The first kappa shape index (κ1) is 13.9. The fraction of sp³-hybridized carbons (Fsp3) is 0.800. The molecule has 0 aromatic heterocycles. The van der Waals surface area contributed by atoms with Crippen LogP contribution in [-0.4, -0.2) is 44.1 Å². The molecule has 0 spiro atoms. The molecule has 1 aliphatic heterocycles. The summed E-state index contributed by atoms with van der Waals surface area (Å²) < 4.78 is 29.5. The first-order valence-corrected chi connectivity index (χ1v) is 7.13. The highest BCUT2D eigenvalue weighted by atomic mass is 32.2. The number of carbonyl (C=O) groups excluding carboxylic acids is 1. The van der Waals surface area contributed by atoms with Crippen molar-refractivity contribution in [2.75, 3.05) is 25.4 Å². The molecular formula is C10H16N2O4S. The van der Waals surface area contributed by atoms with Crippen molar-refractivity contribution in [2.45, 2.75) is 19.8 Å². The van der Waals surface area contributed by atoms with Gasteiger partial charge in [0.05, 0.1) is 12.7 Å². The molecule has 0 aromatic carbocycles. The average Bonchev–Trinajstić information content (AvgIpc) is 2.28. The lowest BCUT2D eigenvalue weighted by atomic mass is 10.0. The van der Waals surface area contributed by atoms with Crippen molar-refractivity contribution in [1.82, 2.24) is 4.31 Å². The smallest absolute Gasteiger partial charge is 0.322 e. The summed E-state index contributed by atoms with van der Waals surface area (Å²) in [6.45, 7) is 2.41. The van der Waals surface area contributed by atoms with Crippen LogP contribution in [-0.2, 0) is 19.6 Å². The second kappa shape index (κ2) is 5.98. The third-order valence-corrected chi connectivity index (χ3v) is 4.39. The Morgan fingerprint density at radius 2 is 2.06 bits per heavy atom. The highest BCUT2D eigenvalue weighted by Crippen LogP contribution is 2.18. The molecule has 0 aromatic rings. The van der Waals surface area contributed by atoms with E-state index in [9.17, 15) is 13.2 Å². The largest absolute Gasteiger partial charge is 0.465 e. The number of nitrogens with zero attached hydrogens (tertiary/aromatic N) is 2. The number of carbonyl (C=O) groups is 1. The number of rotatable bonds is 4. The van der Waals surface area contributed by atoms with Gasteiger partial charge >= 0.3 is 5.97 Å². The molecule has 1 aliphatic rings. The Morgan fingerprint density at radius 1 is 1.47 bits per heavy atom. The topological polar surface area (TPSA) is 87.5 Å². The van der Waals surface area contributed by atoms with Crippen molar-refractivity contribution in [1.29, 1.82) is 5.26 Å². The minimum absolute atomic E-state index is 0.0796. The minimum atomic E-state index is -3.59. The summed E-state index contributed by atoms with van der Waals surface area (Å²) in [5, 5.41) is 8.70. The number of nitriles is 1. The van der Waals surface area contributed by atoms with Crippen molar-refractivity contribution in [3.63, 3.8) is 0 Å². The van der Waals surface area contributed by atoms with E-state index >= 15 is 0 Å². The lowest BCUT2D eigenvalue weighted by Crippen LogP contribution is -2.41. The molecule has 0 N–H and O–H groups in total. The molecule has 1 heterocycles. The summed E-state index contributed by atoms with van der Waals surface area (Å²) in [6, 6.07) is 2.12. The minimum Gasteiger partial charge on any atom is -0.465 e. The lowest BCUT2D eigenvalue weighted by Gasteiger charge is -2.27. The van der Waals surface area contributed by atoms with Gasteiger partial charge in [0.15, 0.2) is 5.75 Å². The zero-order valence-electron chi connectivity index (χ0n) is 9.76. The molecule has 96 valence electrons. The van der Waals surface area contributed by atoms with Gasteiger partial charge < -0.3 is 4.74 Å². The van der Waals surface area contributed by atoms with Crippen molar-refractivity contribution < 1.29 is 17.9 Å². The SMILES string of the molecule is CCOC(=O)CS(=O)(=O)N1CCC(C#N)CC1. The molecule has 6 nitrogen and oxygen atoms in total. The van der Waals surface area contributed by atoms with Gasteiger partial charge in [-0.2, -0.15) is 5.26 Å². The molecule has 17 heavy (non-hydrogen) atoms. The molecule has 1 saturated heterocycles. The van der Waals surface area contributed by atoms with Crippen LogP contribution < -0.4 is 0 Å². The van der Waals surface area contributed by atoms with Gasteiger partial charge in [-0.1, -0.05) is 0 Å². The molecular weight excluding hydrogens is 244 g/mol. The molecule has 0 bridgehead atoms. The van der Waals surface area contributed by atoms with Crippen molar-refractivity contribution in [3.05, 3.63) is 0 Å². The van der Waals surface area contributed by atoms with Crippen LogP contribution >= 0.6 is 0 Å². The number of piperidine rings is 1. The van der Waals surface area contributed by atoms with Gasteiger partial charge in [0, 0.05) is 19.0 Å². The maximum Gasteiger partial charge on any atom is 0.322 e. The Bertz CT molecular complexity index is 405. The van der Waals surface area contributed by atoms with Gasteiger partial charge in [-0.25, -0.2) is 12.7 Å². The van der Waals surface area contributed by atoms with E-state index in [0.717, 1.165) is 0 Å². The zero-order valence-corrected chi connectivity index (χ0v) is 10.6. The maximum atomic E-state index is 11.8. The fourth-order valence-corrected chi connectivity index (χ4v) is 3.04. The zero-order chi connectivity index (χ0) is 12.9.